The Morgan fingerprint density at radius 1 is 1.33 bits per heavy atom. The lowest BCUT2D eigenvalue weighted by atomic mass is 10.1. The van der Waals surface area contributed by atoms with Crippen molar-refractivity contribution in [3.8, 4) is 5.75 Å². The number of aliphatic hydroxyl groups is 1. The second-order valence-corrected chi connectivity index (χ2v) is 4.65. The molecule has 0 atom stereocenters. The molecule has 1 saturated carbocycles. The van der Waals surface area contributed by atoms with E-state index in [1.807, 2.05) is 24.3 Å². The SMILES string of the molecule is O=C(COc1ccc(CCO)cc1)NCC1CC1. The Morgan fingerprint density at radius 2 is 2.06 bits per heavy atom. The highest BCUT2D eigenvalue weighted by molar-refractivity contribution is 5.77. The zero-order valence-corrected chi connectivity index (χ0v) is 10.4. The van der Waals surface area contributed by atoms with E-state index in [0.717, 1.165) is 12.1 Å². The molecule has 98 valence electrons. The summed E-state index contributed by atoms with van der Waals surface area (Å²) in [4.78, 5) is 11.4. The number of benzene rings is 1. The van der Waals surface area contributed by atoms with Crippen molar-refractivity contribution in [2.45, 2.75) is 19.3 Å². The van der Waals surface area contributed by atoms with E-state index in [1.54, 1.807) is 0 Å². The third kappa shape index (κ3) is 4.37. The zero-order valence-electron chi connectivity index (χ0n) is 10.4. The molecule has 4 heteroatoms. The van der Waals surface area contributed by atoms with Gasteiger partial charge in [-0.05, 0) is 42.9 Å². The van der Waals surface area contributed by atoms with Gasteiger partial charge in [0.2, 0.25) is 0 Å². The molecule has 1 fully saturated rings. The van der Waals surface area contributed by atoms with E-state index in [0.29, 0.717) is 18.1 Å². The molecule has 2 N–H and O–H groups in total. The lowest BCUT2D eigenvalue weighted by Gasteiger charge is -2.07. The molecule has 2 rings (SSSR count). The zero-order chi connectivity index (χ0) is 12.8. The second kappa shape index (κ2) is 6.40. The van der Waals surface area contributed by atoms with Crippen LogP contribution in [0.1, 0.15) is 18.4 Å². The van der Waals surface area contributed by atoms with Crippen molar-refractivity contribution in [1.29, 1.82) is 0 Å². The quantitative estimate of drug-likeness (QED) is 0.761. The molecular formula is C14H19NO3. The van der Waals surface area contributed by atoms with Gasteiger partial charge >= 0.3 is 0 Å². The summed E-state index contributed by atoms with van der Waals surface area (Å²) in [5.74, 6) is 1.30. The number of carbonyl (C=O) groups is 1. The molecule has 0 heterocycles. The summed E-state index contributed by atoms with van der Waals surface area (Å²) in [6.07, 6.45) is 3.10. The first-order valence-corrected chi connectivity index (χ1v) is 6.37. The Kier molecular flexibility index (Phi) is 4.59. The van der Waals surface area contributed by atoms with Gasteiger partial charge in [0, 0.05) is 13.2 Å². The van der Waals surface area contributed by atoms with Gasteiger partial charge in [-0.2, -0.15) is 0 Å². The Hall–Kier alpha value is -1.55. The average Bonchev–Trinajstić information content (AvgIpc) is 3.20. The van der Waals surface area contributed by atoms with Gasteiger partial charge in [-0.3, -0.25) is 4.79 Å². The predicted molar refractivity (Wildman–Crippen MR) is 68.5 cm³/mol. The van der Waals surface area contributed by atoms with Gasteiger partial charge in [-0.1, -0.05) is 12.1 Å². The highest BCUT2D eigenvalue weighted by Crippen LogP contribution is 2.27. The Morgan fingerprint density at radius 3 is 2.67 bits per heavy atom. The smallest absolute Gasteiger partial charge is 0.257 e. The van der Waals surface area contributed by atoms with E-state index >= 15 is 0 Å². The highest BCUT2D eigenvalue weighted by Gasteiger charge is 2.21. The monoisotopic (exact) mass is 249 g/mol. The van der Waals surface area contributed by atoms with Crippen molar-refractivity contribution in [3.63, 3.8) is 0 Å². The normalized spacial score (nSPS) is 14.3. The molecule has 0 bridgehead atoms. The Bertz CT molecular complexity index is 385. The lowest BCUT2D eigenvalue weighted by Crippen LogP contribution is -2.30. The van der Waals surface area contributed by atoms with Crippen LogP contribution < -0.4 is 10.1 Å². The summed E-state index contributed by atoms with van der Waals surface area (Å²) in [6.45, 7) is 0.980. The fourth-order valence-corrected chi connectivity index (χ4v) is 1.66. The molecule has 0 radical (unpaired) electrons. The Balaban J connectivity index is 1.69. The molecule has 0 saturated heterocycles. The first-order chi connectivity index (χ1) is 8.78. The highest BCUT2D eigenvalue weighted by atomic mass is 16.5. The molecule has 0 aliphatic heterocycles. The van der Waals surface area contributed by atoms with Gasteiger partial charge in [0.25, 0.3) is 5.91 Å². The van der Waals surface area contributed by atoms with E-state index in [4.69, 9.17) is 9.84 Å². The summed E-state index contributed by atoms with van der Waals surface area (Å²) in [6, 6.07) is 7.43. The maximum atomic E-state index is 11.4. The first kappa shape index (κ1) is 12.9. The number of hydrogen-bond acceptors (Lipinski definition) is 3. The molecule has 1 amide bonds. The minimum Gasteiger partial charge on any atom is -0.484 e. The van der Waals surface area contributed by atoms with Crippen LogP contribution in [0.5, 0.6) is 5.75 Å². The molecular weight excluding hydrogens is 230 g/mol. The largest absolute Gasteiger partial charge is 0.484 e. The summed E-state index contributed by atoms with van der Waals surface area (Å²) in [5, 5.41) is 11.6. The Labute approximate surface area is 107 Å². The fraction of sp³-hybridized carbons (Fsp3) is 0.500. The minimum atomic E-state index is -0.0682. The van der Waals surface area contributed by atoms with Crippen LogP contribution in [0.2, 0.25) is 0 Å². The number of rotatable bonds is 7. The number of nitrogens with one attached hydrogen (secondary N) is 1. The molecule has 1 aliphatic rings. The number of aliphatic hydroxyl groups excluding tert-OH is 1. The van der Waals surface area contributed by atoms with Crippen LogP contribution in [0.25, 0.3) is 0 Å². The lowest BCUT2D eigenvalue weighted by molar-refractivity contribution is -0.123. The predicted octanol–water partition coefficient (Wildman–Crippen LogP) is 1.13. The molecule has 1 aliphatic carbocycles. The van der Waals surface area contributed by atoms with Crippen molar-refractivity contribution in [2.75, 3.05) is 19.8 Å². The third-order valence-corrected chi connectivity index (χ3v) is 2.98. The van der Waals surface area contributed by atoms with Crippen LogP contribution in [0, 0.1) is 5.92 Å². The van der Waals surface area contributed by atoms with Gasteiger partial charge in [-0.15, -0.1) is 0 Å². The maximum Gasteiger partial charge on any atom is 0.257 e. The summed E-state index contributed by atoms with van der Waals surface area (Å²) in [7, 11) is 0. The van der Waals surface area contributed by atoms with Crippen molar-refractivity contribution in [3.05, 3.63) is 29.8 Å². The number of ether oxygens (including phenoxy) is 1. The molecule has 0 spiro atoms. The standard InChI is InChI=1S/C14H19NO3/c16-8-7-11-3-5-13(6-4-11)18-10-14(17)15-9-12-1-2-12/h3-6,12,16H,1-2,7-10H2,(H,15,17). The van der Waals surface area contributed by atoms with Gasteiger partial charge in [0.1, 0.15) is 5.75 Å². The number of carbonyl (C=O) groups excluding carboxylic acids is 1. The molecule has 4 nitrogen and oxygen atoms in total. The third-order valence-electron chi connectivity index (χ3n) is 2.98. The van der Waals surface area contributed by atoms with Gasteiger partial charge in [0.05, 0.1) is 0 Å². The van der Waals surface area contributed by atoms with E-state index in [-0.39, 0.29) is 19.1 Å². The molecule has 1 aromatic carbocycles. The van der Waals surface area contributed by atoms with Crippen LogP contribution in [-0.2, 0) is 11.2 Å². The van der Waals surface area contributed by atoms with Crippen molar-refractivity contribution in [2.24, 2.45) is 5.92 Å². The first-order valence-electron chi connectivity index (χ1n) is 6.37. The van der Waals surface area contributed by atoms with Gasteiger partial charge in [0.15, 0.2) is 6.61 Å². The summed E-state index contributed by atoms with van der Waals surface area (Å²) >= 11 is 0. The van der Waals surface area contributed by atoms with Crippen LogP contribution in [-0.4, -0.2) is 30.8 Å². The van der Waals surface area contributed by atoms with E-state index in [1.165, 1.54) is 12.8 Å². The van der Waals surface area contributed by atoms with Crippen LogP contribution in [0.15, 0.2) is 24.3 Å². The van der Waals surface area contributed by atoms with E-state index < -0.39 is 0 Å². The number of amides is 1. The molecule has 0 aromatic heterocycles. The molecule has 18 heavy (non-hydrogen) atoms. The maximum absolute atomic E-state index is 11.4. The average molecular weight is 249 g/mol. The number of hydrogen-bond donors (Lipinski definition) is 2. The van der Waals surface area contributed by atoms with E-state index in [9.17, 15) is 4.79 Å². The fourth-order valence-electron chi connectivity index (χ4n) is 1.66. The van der Waals surface area contributed by atoms with Crippen LogP contribution in [0.4, 0.5) is 0 Å². The van der Waals surface area contributed by atoms with Gasteiger partial charge in [-0.25, -0.2) is 0 Å². The summed E-state index contributed by atoms with van der Waals surface area (Å²) in [5.41, 5.74) is 1.06. The van der Waals surface area contributed by atoms with Crippen molar-refractivity contribution >= 4 is 5.91 Å². The summed E-state index contributed by atoms with van der Waals surface area (Å²) < 4.78 is 5.38. The van der Waals surface area contributed by atoms with Crippen molar-refractivity contribution < 1.29 is 14.6 Å². The van der Waals surface area contributed by atoms with Gasteiger partial charge < -0.3 is 15.2 Å². The second-order valence-electron chi connectivity index (χ2n) is 4.65. The minimum absolute atomic E-state index is 0.0616. The molecule has 0 unspecified atom stereocenters. The van der Waals surface area contributed by atoms with Crippen LogP contribution in [0.3, 0.4) is 0 Å². The molecule has 1 aromatic rings. The topological polar surface area (TPSA) is 58.6 Å². The van der Waals surface area contributed by atoms with Crippen LogP contribution >= 0.6 is 0 Å². The van der Waals surface area contributed by atoms with Crippen molar-refractivity contribution in [1.82, 2.24) is 5.32 Å². The van der Waals surface area contributed by atoms with E-state index in [2.05, 4.69) is 5.32 Å².